The van der Waals surface area contributed by atoms with Crippen LogP contribution in [-0.2, 0) is 44.6 Å². The van der Waals surface area contributed by atoms with Crippen LogP contribution in [0.2, 0.25) is 0 Å². The van der Waals surface area contributed by atoms with Crippen molar-refractivity contribution < 1.29 is 42.2 Å². The van der Waals surface area contributed by atoms with Crippen LogP contribution in [0.1, 0.15) is 6.42 Å². The molecule has 0 spiro atoms. The first kappa shape index (κ1) is 17.9. The molecule has 0 rings (SSSR count). The van der Waals surface area contributed by atoms with Crippen molar-refractivity contribution in [3.8, 4) is 0 Å². The SMILES string of the molecule is O=C(O)CC([S-])C(=O)O.[Au+].[Na]. The van der Waals surface area contributed by atoms with E-state index in [0.29, 0.717) is 0 Å². The van der Waals surface area contributed by atoms with Crippen LogP contribution in [0.25, 0.3) is 0 Å². The maximum atomic E-state index is 9.87. The molecule has 0 heterocycles. The van der Waals surface area contributed by atoms with Crippen molar-refractivity contribution in [2.45, 2.75) is 11.7 Å². The van der Waals surface area contributed by atoms with Crippen molar-refractivity contribution in [2.24, 2.45) is 0 Å². The van der Waals surface area contributed by atoms with Gasteiger partial charge >= 0.3 is 28.3 Å². The molecule has 1 atom stereocenters. The van der Waals surface area contributed by atoms with Gasteiger partial charge in [0.25, 0.3) is 5.97 Å². The van der Waals surface area contributed by atoms with E-state index in [4.69, 9.17) is 10.2 Å². The minimum Gasteiger partial charge on any atom is -0.778 e. The van der Waals surface area contributed by atoms with Crippen LogP contribution in [0.3, 0.4) is 0 Å². The third kappa shape index (κ3) is 11.0. The van der Waals surface area contributed by atoms with E-state index in [2.05, 4.69) is 12.6 Å². The summed E-state index contributed by atoms with van der Waals surface area (Å²) in [6, 6.07) is 0. The quantitative estimate of drug-likeness (QED) is 0.497. The summed E-state index contributed by atoms with van der Waals surface area (Å²) in [6.45, 7) is 0. The molecule has 1 unspecified atom stereocenters. The third-order valence-electron chi connectivity index (χ3n) is 0.635. The van der Waals surface area contributed by atoms with E-state index in [1.807, 2.05) is 0 Å². The van der Waals surface area contributed by atoms with E-state index in [9.17, 15) is 9.59 Å². The summed E-state index contributed by atoms with van der Waals surface area (Å²) >= 11 is 4.26. The van der Waals surface area contributed by atoms with Gasteiger partial charge in [-0.1, -0.05) is 5.25 Å². The van der Waals surface area contributed by atoms with Crippen molar-refractivity contribution in [1.82, 2.24) is 0 Å². The summed E-state index contributed by atoms with van der Waals surface area (Å²) in [4.78, 5) is 19.7. The zero-order valence-corrected chi connectivity index (χ0v) is 10.7. The van der Waals surface area contributed by atoms with Gasteiger partial charge in [-0.2, -0.15) is 0 Å². The van der Waals surface area contributed by atoms with Gasteiger partial charge < -0.3 is 22.8 Å². The van der Waals surface area contributed by atoms with Gasteiger partial charge in [-0.25, -0.2) is 0 Å². The number of carboxylic acids is 2. The molecule has 0 aliphatic rings. The van der Waals surface area contributed by atoms with Crippen molar-refractivity contribution >= 4 is 54.1 Å². The fourth-order valence-electron chi connectivity index (χ4n) is 0.246. The third-order valence-corrected chi connectivity index (χ3v) is 1.00. The Hall–Kier alpha value is 1.03. The molecular formula is C4H5AuNaO4S. The number of hydrogen-bond acceptors (Lipinski definition) is 3. The number of aliphatic carboxylic acids is 2. The van der Waals surface area contributed by atoms with Crippen LogP contribution in [-0.4, -0.2) is 57.0 Å². The Balaban J connectivity index is -0.000000320. The second kappa shape index (κ2) is 9.12. The van der Waals surface area contributed by atoms with Crippen molar-refractivity contribution in [2.75, 3.05) is 0 Å². The van der Waals surface area contributed by atoms with Gasteiger partial charge in [0, 0.05) is 36.0 Å². The molecule has 0 aromatic heterocycles. The first-order valence-electron chi connectivity index (χ1n) is 2.14. The smallest absolute Gasteiger partial charge is 0.778 e. The largest absolute Gasteiger partial charge is 1.00 e. The molecule has 2 N–H and O–H groups in total. The summed E-state index contributed by atoms with van der Waals surface area (Å²) in [5.41, 5.74) is 0. The molecule has 0 aromatic carbocycles. The summed E-state index contributed by atoms with van der Waals surface area (Å²) in [7, 11) is 0. The molecule has 4 nitrogen and oxygen atoms in total. The number of carboxylic acid groups (broad SMARTS) is 2. The molecule has 1 radical (unpaired) electrons. The van der Waals surface area contributed by atoms with Gasteiger partial charge in [0.05, 0.1) is 0 Å². The average Bonchev–Trinajstić information content (AvgIpc) is 1.63. The van der Waals surface area contributed by atoms with Gasteiger partial charge in [-0.15, -0.1) is 0 Å². The second-order valence-corrected chi connectivity index (χ2v) is 1.99. The predicted molar refractivity (Wildman–Crippen MR) is 36.8 cm³/mol. The van der Waals surface area contributed by atoms with E-state index in [0.717, 1.165) is 0 Å². The Bertz CT molecular complexity index is 142. The topological polar surface area (TPSA) is 74.6 Å². The van der Waals surface area contributed by atoms with E-state index >= 15 is 0 Å². The molecule has 0 aliphatic heterocycles. The van der Waals surface area contributed by atoms with Crippen LogP contribution < -0.4 is 0 Å². The van der Waals surface area contributed by atoms with Crippen molar-refractivity contribution in [3.63, 3.8) is 0 Å². The zero-order valence-electron chi connectivity index (χ0n) is 5.71. The maximum absolute atomic E-state index is 9.87. The normalized spacial score (nSPS) is 10.3. The number of hydrogen-bond donors (Lipinski definition) is 2. The van der Waals surface area contributed by atoms with E-state index in [1.54, 1.807) is 0 Å². The standard InChI is InChI=1S/C4H6O4S.Au.Na/c5-3(6)1-2(9)4(7)8;;/h2,9H,1H2,(H,5,6)(H,7,8);;/q;+1;/p-1. The Labute approximate surface area is 107 Å². The molecule has 63 valence electrons. The molecule has 0 amide bonds. The molecule has 0 aliphatic carbocycles. The van der Waals surface area contributed by atoms with E-state index in [1.165, 1.54) is 0 Å². The van der Waals surface area contributed by atoms with Crippen LogP contribution in [0.4, 0.5) is 0 Å². The number of carbonyl (C=O) groups is 2. The van der Waals surface area contributed by atoms with Gasteiger partial charge in [-0.05, 0) is 0 Å². The van der Waals surface area contributed by atoms with Gasteiger partial charge in [0.15, 0.2) is 0 Å². The molecule has 7 heteroatoms. The minimum absolute atomic E-state index is 0. The van der Waals surface area contributed by atoms with Gasteiger partial charge in [0.2, 0.25) is 0 Å². The fraction of sp³-hybridized carbons (Fsp3) is 0.500. The van der Waals surface area contributed by atoms with Gasteiger partial charge in [-0.3, -0.25) is 9.59 Å². The van der Waals surface area contributed by atoms with Crippen molar-refractivity contribution in [1.29, 1.82) is 0 Å². The zero-order chi connectivity index (χ0) is 7.44. The molecule has 0 saturated heterocycles. The Morgan fingerprint density at radius 2 is 1.73 bits per heavy atom. The molecule has 11 heavy (non-hydrogen) atoms. The molecule has 0 fully saturated rings. The molecule has 0 bridgehead atoms. The Morgan fingerprint density at radius 3 is 1.82 bits per heavy atom. The minimum atomic E-state index is -1.26. The van der Waals surface area contributed by atoms with Crippen LogP contribution in [0.5, 0.6) is 0 Å². The van der Waals surface area contributed by atoms with Crippen molar-refractivity contribution in [3.05, 3.63) is 0 Å². The summed E-state index contributed by atoms with van der Waals surface area (Å²) in [5, 5.41) is 14.9. The van der Waals surface area contributed by atoms with Gasteiger partial charge in [0.1, 0.15) is 0 Å². The summed E-state index contributed by atoms with van der Waals surface area (Å²) in [5.74, 6) is -2.44. The summed E-state index contributed by atoms with van der Waals surface area (Å²) in [6.07, 6.45) is -0.495. The predicted octanol–water partition coefficient (Wildman–Crippen LogP) is -0.922. The van der Waals surface area contributed by atoms with E-state index in [-0.39, 0.29) is 51.9 Å². The Kier molecular flexibility index (Phi) is 14.9. The summed E-state index contributed by atoms with van der Waals surface area (Å²) < 4.78 is 0. The maximum Gasteiger partial charge on any atom is 1.00 e. The van der Waals surface area contributed by atoms with Crippen LogP contribution >= 0.6 is 0 Å². The van der Waals surface area contributed by atoms with Crippen LogP contribution in [0, 0.1) is 0 Å². The molecule has 0 saturated carbocycles. The second-order valence-electron chi connectivity index (χ2n) is 1.42. The number of rotatable bonds is 3. The molecular weight excluding hydrogens is 364 g/mol. The van der Waals surface area contributed by atoms with E-state index < -0.39 is 23.6 Å². The fourth-order valence-corrected chi connectivity index (χ4v) is 0.388. The Morgan fingerprint density at radius 1 is 1.36 bits per heavy atom. The molecule has 0 aromatic rings. The van der Waals surface area contributed by atoms with Crippen LogP contribution in [0.15, 0.2) is 0 Å². The monoisotopic (exact) mass is 369 g/mol. The first-order valence-corrected chi connectivity index (χ1v) is 2.61. The average molecular weight is 369 g/mol. The first-order chi connectivity index (χ1) is 4.04.